The van der Waals surface area contributed by atoms with Gasteiger partial charge in [-0.1, -0.05) is 57.1 Å². The summed E-state index contributed by atoms with van der Waals surface area (Å²) in [5.74, 6) is 0. The van der Waals surface area contributed by atoms with Crippen LogP contribution in [0.15, 0.2) is 24.3 Å². The van der Waals surface area contributed by atoms with Gasteiger partial charge in [-0.2, -0.15) is 0 Å². The first-order valence-corrected chi connectivity index (χ1v) is 8.32. The molecule has 1 aromatic carbocycles. The molecule has 0 aromatic heterocycles. The van der Waals surface area contributed by atoms with Crippen molar-refractivity contribution < 1.29 is 9.72 Å². The minimum Gasteiger partial charge on any atom is -0.291 e. The first-order valence-electron chi connectivity index (χ1n) is 8.32. The maximum Gasteiger partial charge on any atom is 0.269 e. The molecule has 4 nitrogen and oxygen atoms in total. The molecule has 0 aliphatic rings. The third-order valence-electron chi connectivity index (χ3n) is 3.89. The zero-order valence-electron chi connectivity index (χ0n) is 13.3. The van der Waals surface area contributed by atoms with Gasteiger partial charge in [0, 0.05) is 18.6 Å². The molecule has 0 saturated heterocycles. The van der Waals surface area contributed by atoms with Crippen molar-refractivity contribution in [3.8, 4) is 0 Å². The average molecular weight is 304 g/mol. The number of hydrogen-bond donors (Lipinski definition) is 0. The maximum atomic E-state index is 10.6. The second-order valence-electron chi connectivity index (χ2n) is 5.75. The van der Waals surface area contributed by atoms with Crippen LogP contribution >= 0.6 is 0 Å². The van der Waals surface area contributed by atoms with Gasteiger partial charge in [0.2, 0.25) is 0 Å². The normalized spacial score (nSPS) is 10.5. The van der Waals surface area contributed by atoms with Crippen LogP contribution in [0.2, 0.25) is 0 Å². The number of unbranched alkanes of at least 4 members (excludes halogenated alkanes) is 9. The lowest BCUT2D eigenvalue weighted by Gasteiger charge is -2.03. The van der Waals surface area contributed by atoms with Gasteiger partial charge in [0.15, 0.2) is 6.29 Å². The van der Waals surface area contributed by atoms with Gasteiger partial charge in [0.1, 0.15) is 0 Å². The summed E-state index contributed by atoms with van der Waals surface area (Å²) in [6, 6.07) is 6.87. The summed E-state index contributed by atoms with van der Waals surface area (Å²) in [6.07, 6.45) is 14.3. The third-order valence-corrected chi connectivity index (χ3v) is 3.89. The van der Waals surface area contributed by atoms with Crippen molar-refractivity contribution in [3.63, 3.8) is 0 Å². The number of carbonyl (C=O) groups excluding carboxylic acids is 1. The van der Waals surface area contributed by atoms with E-state index < -0.39 is 0 Å². The molecular weight excluding hydrogens is 278 g/mol. The molecule has 121 valence electrons. The van der Waals surface area contributed by atoms with E-state index in [-0.39, 0.29) is 10.6 Å². The lowest BCUT2D eigenvalue weighted by Crippen LogP contribution is -1.90. The van der Waals surface area contributed by atoms with Crippen molar-refractivity contribution in [2.24, 2.45) is 0 Å². The van der Waals surface area contributed by atoms with Crippen molar-refractivity contribution in [2.75, 3.05) is 0 Å². The van der Waals surface area contributed by atoms with Crippen LogP contribution in [0.4, 0.5) is 5.69 Å². The molecule has 22 heavy (non-hydrogen) atoms. The van der Waals surface area contributed by atoms with Crippen LogP contribution in [0.1, 0.15) is 69.8 Å². The molecule has 0 bridgehead atoms. The fraction of sp³-hybridized carbons (Fsp3) is 0.611. The van der Waals surface area contributed by atoms with Crippen LogP contribution in [0, 0.1) is 10.1 Å². The van der Waals surface area contributed by atoms with Crippen LogP contribution < -0.4 is 0 Å². The Morgan fingerprint density at radius 2 is 1.32 bits per heavy atom. The van der Waals surface area contributed by atoms with E-state index in [9.17, 15) is 14.9 Å². The Labute approximate surface area is 133 Å². The van der Waals surface area contributed by atoms with Gasteiger partial charge in [-0.15, -0.1) is 0 Å². The summed E-state index contributed by atoms with van der Waals surface area (Å²) < 4.78 is 0. The second-order valence-corrected chi connectivity index (χ2v) is 5.75. The van der Waals surface area contributed by atoms with Crippen LogP contribution in [-0.2, 0) is 11.2 Å². The molecule has 1 aromatic rings. The number of nitro groups is 1. The van der Waals surface area contributed by atoms with E-state index in [4.69, 9.17) is 0 Å². The van der Waals surface area contributed by atoms with Crippen molar-refractivity contribution >= 4 is 12.0 Å². The molecule has 0 aliphatic carbocycles. The average Bonchev–Trinajstić information content (AvgIpc) is 2.53. The summed E-state index contributed by atoms with van der Waals surface area (Å²) in [5.41, 5.74) is 1.34. The molecule has 1 radical (unpaired) electrons. The number of nitrogens with zero attached hydrogens (tertiary/aromatic N) is 1. The van der Waals surface area contributed by atoms with E-state index >= 15 is 0 Å². The Balaban J connectivity index is 1.95. The summed E-state index contributed by atoms with van der Waals surface area (Å²) in [5, 5.41) is 10.6. The topological polar surface area (TPSA) is 60.2 Å². The quantitative estimate of drug-likeness (QED) is 0.288. The van der Waals surface area contributed by atoms with Gasteiger partial charge in [-0.25, -0.2) is 0 Å². The summed E-state index contributed by atoms with van der Waals surface area (Å²) in [4.78, 5) is 20.2. The highest BCUT2D eigenvalue weighted by Gasteiger charge is 2.03. The first kappa shape index (κ1) is 18.3. The molecule has 0 amide bonds. The Bertz CT molecular complexity index is 428. The molecule has 0 unspecified atom stereocenters. The molecule has 0 aliphatic heterocycles. The van der Waals surface area contributed by atoms with E-state index in [1.807, 2.05) is 18.4 Å². The third kappa shape index (κ3) is 8.55. The van der Waals surface area contributed by atoms with Gasteiger partial charge in [-0.05, 0) is 24.8 Å². The molecular formula is C18H26NO3. The fourth-order valence-electron chi connectivity index (χ4n) is 2.55. The maximum absolute atomic E-state index is 10.6. The van der Waals surface area contributed by atoms with Crippen LogP contribution in [0.5, 0.6) is 0 Å². The molecule has 0 heterocycles. The van der Waals surface area contributed by atoms with Gasteiger partial charge >= 0.3 is 0 Å². The SMILES string of the molecule is O=[C]CCCCCCCCCCCc1ccc([N+](=O)[O-])cc1. The van der Waals surface area contributed by atoms with Gasteiger partial charge in [0.25, 0.3) is 5.69 Å². The largest absolute Gasteiger partial charge is 0.291 e. The van der Waals surface area contributed by atoms with Crippen LogP contribution in [0.25, 0.3) is 0 Å². The molecule has 0 atom stereocenters. The predicted molar refractivity (Wildman–Crippen MR) is 88.7 cm³/mol. The molecule has 0 N–H and O–H groups in total. The summed E-state index contributed by atoms with van der Waals surface area (Å²) in [7, 11) is 0. The number of benzene rings is 1. The molecule has 4 heteroatoms. The Kier molecular flexibility index (Phi) is 9.92. The number of aryl methyl sites for hydroxylation is 1. The van der Waals surface area contributed by atoms with Crippen LogP contribution in [-0.4, -0.2) is 11.2 Å². The molecule has 1 rings (SSSR count). The predicted octanol–water partition coefficient (Wildman–Crippen LogP) is 5.15. The lowest BCUT2D eigenvalue weighted by atomic mass is 10.0. The number of non-ortho nitro benzene ring substituents is 1. The van der Waals surface area contributed by atoms with E-state index in [1.54, 1.807) is 12.1 Å². The van der Waals surface area contributed by atoms with Crippen LogP contribution in [0.3, 0.4) is 0 Å². The van der Waals surface area contributed by atoms with Crippen molar-refractivity contribution in [1.29, 1.82) is 0 Å². The van der Waals surface area contributed by atoms with Gasteiger partial charge < -0.3 is 0 Å². The number of rotatable bonds is 13. The Hall–Kier alpha value is -1.71. The van der Waals surface area contributed by atoms with Crippen molar-refractivity contribution in [3.05, 3.63) is 39.9 Å². The number of hydrogen-bond acceptors (Lipinski definition) is 3. The monoisotopic (exact) mass is 304 g/mol. The van der Waals surface area contributed by atoms with Crippen molar-refractivity contribution in [2.45, 2.75) is 70.6 Å². The lowest BCUT2D eigenvalue weighted by molar-refractivity contribution is -0.384. The smallest absolute Gasteiger partial charge is 0.269 e. The summed E-state index contributed by atoms with van der Waals surface area (Å²) in [6.45, 7) is 0. The second kappa shape index (κ2) is 11.9. The molecule has 0 saturated carbocycles. The van der Waals surface area contributed by atoms with E-state index in [0.29, 0.717) is 6.42 Å². The summed E-state index contributed by atoms with van der Waals surface area (Å²) >= 11 is 0. The highest BCUT2D eigenvalue weighted by atomic mass is 16.6. The number of nitro benzene ring substituents is 1. The Morgan fingerprint density at radius 1 is 0.818 bits per heavy atom. The fourth-order valence-corrected chi connectivity index (χ4v) is 2.55. The van der Waals surface area contributed by atoms with E-state index in [0.717, 1.165) is 25.7 Å². The zero-order chi connectivity index (χ0) is 16.0. The molecule has 0 fully saturated rings. The van der Waals surface area contributed by atoms with E-state index in [2.05, 4.69) is 0 Å². The Morgan fingerprint density at radius 3 is 1.82 bits per heavy atom. The minimum absolute atomic E-state index is 0.162. The highest BCUT2D eigenvalue weighted by Crippen LogP contribution is 2.15. The van der Waals surface area contributed by atoms with E-state index in [1.165, 1.54) is 44.1 Å². The van der Waals surface area contributed by atoms with Crippen molar-refractivity contribution in [1.82, 2.24) is 0 Å². The molecule has 0 spiro atoms. The first-order chi connectivity index (χ1) is 10.7. The zero-order valence-corrected chi connectivity index (χ0v) is 13.3. The highest BCUT2D eigenvalue weighted by molar-refractivity contribution is 5.50. The van der Waals surface area contributed by atoms with Gasteiger partial charge in [-0.3, -0.25) is 14.9 Å². The minimum atomic E-state index is -0.360. The van der Waals surface area contributed by atoms with Gasteiger partial charge in [0.05, 0.1) is 4.92 Å². The standard InChI is InChI=1S/C18H26NO3/c20-16-10-8-6-4-2-1-3-5-7-9-11-17-12-14-18(15-13-17)19(21)22/h12-15H,1-11H2.